The Hall–Kier alpha value is -2.74. The summed E-state index contributed by atoms with van der Waals surface area (Å²) < 4.78 is 0. The number of carbonyl (C=O) groups is 4. The molecule has 8 heteroatoms. The summed E-state index contributed by atoms with van der Waals surface area (Å²) in [5, 5.41) is 3.59. The number of hydrogen-bond donors (Lipinski definition) is 2. The van der Waals surface area contributed by atoms with Gasteiger partial charge >= 0.3 is 5.97 Å². The van der Waals surface area contributed by atoms with Crippen molar-refractivity contribution in [3.05, 3.63) is 35.4 Å². The lowest BCUT2D eigenvalue weighted by atomic mass is 9.80. The average molecular weight is 418 g/mol. The van der Waals surface area contributed by atoms with E-state index in [1.165, 1.54) is 0 Å². The summed E-state index contributed by atoms with van der Waals surface area (Å²) in [6, 6.07) is 7.14. The van der Waals surface area contributed by atoms with E-state index in [0.717, 1.165) is 5.56 Å². The third-order valence-electron chi connectivity index (χ3n) is 5.15. The first-order valence-electron chi connectivity index (χ1n) is 10.1. The largest absolute Gasteiger partial charge is 0.347 e. The molecule has 0 unspecified atom stereocenters. The van der Waals surface area contributed by atoms with Gasteiger partial charge in [0.25, 0.3) is 17.7 Å². The molecular formula is C22H31N3O5. The highest BCUT2D eigenvalue weighted by atomic mass is 16.7. The molecule has 1 heterocycles. The van der Waals surface area contributed by atoms with Crippen molar-refractivity contribution in [2.45, 2.75) is 71.9 Å². The van der Waals surface area contributed by atoms with Gasteiger partial charge in [-0.25, -0.2) is 4.79 Å². The predicted octanol–water partition coefficient (Wildman–Crippen LogP) is 2.46. The van der Waals surface area contributed by atoms with Crippen molar-refractivity contribution in [3.8, 4) is 0 Å². The van der Waals surface area contributed by atoms with Gasteiger partial charge in [0.15, 0.2) is 0 Å². The van der Waals surface area contributed by atoms with Gasteiger partial charge in [-0.2, -0.15) is 0 Å². The van der Waals surface area contributed by atoms with E-state index >= 15 is 0 Å². The highest BCUT2D eigenvalue weighted by Crippen LogP contribution is 2.31. The second-order valence-corrected chi connectivity index (χ2v) is 9.13. The zero-order valence-corrected chi connectivity index (χ0v) is 18.1. The van der Waals surface area contributed by atoms with E-state index in [0.29, 0.717) is 30.0 Å². The Bertz CT molecular complexity index is 799. The van der Waals surface area contributed by atoms with E-state index in [2.05, 4.69) is 5.32 Å². The quantitative estimate of drug-likeness (QED) is 0.596. The van der Waals surface area contributed by atoms with Crippen molar-refractivity contribution in [1.82, 2.24) is 10.4 Å². The molecule has 30 heavy (non-hydrogen) atoms. The van der Waals surface area contributed by atoms with Crippen LogP contribution in [-0.2, 0) is 25.8 Å². The molecule has 0 saturated carbocycles. The lowest BCUT2D eigenvalue weighted by Gasteiger charge is -2.31. The van der Waals surface area contributed by atoms with Crippen molar-refractivity contribution < 1.29 is 24.0 Å². The first kappa shape index (κ1) is 23.5. The third-order valence-corrected chi connectivity index (χ3v) is 5.15. The Labute approximate surface area is 177 Å². The molecule has 8 nitrogen and oxygen atoms in total. The van der Waals surface area contributed by atoms with Gasteiger partial charge in [0.2, 0.25) is 0 Å². The maximum Gasteiger partial charge on any atom is 0.333 e. The van der Waals surface area contributed by atoms with E-state index in [1.807, 2.05) is 39.8 Å². The summed E-state index contributed by atoms with van der Waals surface area (Å²) >= 11 is 0. The van der Waals surface area contributed by atoms with Crippen LogP contribution in [0.25, 0.3) is 0 Å². The number of nitrogens with one attached hydrogen (secondary N) is 1. The summed E-state index contributed by atoms with van der Waals surface area (Å²) in [7, 11) is 0. The molecular weight excluding hydrogens is 386 g/mol. The van der Waals surface area contributed by atoms with Gasteiger partial charge in [-0.1, -0.05) is 26.0 Å². The first-order valence-corrected chi connectivity index (χ1v) is 10.1. The van der Waals surface area contributed by atoms with Crippen molar-refractivity contribution in [2.75, 3.05) is 0 Å². The van der Waals surface area contributed by atoms with Crippen molar-refractivity contribution in [2.24, 2.45) is 11.1 Å². The van der Waals surface area contributed by atoms with Crippen LogP contribution in [-0.4, -0.2) is 34.3 Å². The first-order chi connectivity index (χ1) is 13.9. The second kappa shape index (κ2) is 9.38. The van der Waals surface area contributed by atoms with Gasteiger partial charge < -0.3 is 15.9 Å². The number of nitrogens with two attached hydrogens (primary N) is 1. The van der Waals surface area contributed by atoms with Gasteiger partial charge in [0.05, 0.1) is 6.42 Å². The zero-order valence-electron chi connectivity index (χ0n) is 18.1. The summed E-state index contributed by atoms with van der Waals surface area (Å²) in [4.78, 5) is 52.9. The minimum atomic E-state index is -0.620. The minimum Gasteiger partial charge on any atom is -0.347 e. The van der Waals surface area contributed by atoms with Crippen LogP contribution in [0.15, 0.2) is 24.3 Å². The van der Waals surface area contributed by atoms with Crippen LogP contribution < -0.4 is 11.1 Å². The molecule has 1 saturated heterocycles. The van der Waals surface area contributed by atoms with Crippen LogP contribution in [0.5, 0.6) is 0 Å². The highest BCUT2D eigenvalue weighted by molar-refractivity contribution is 6.01. The fourth-order valence-corrected chi connectivity index (χ4v) is 3.16. The Morgan fingerprint density at radius 3 is 2.13 bits per heavy atom. The van der Waals surface area contributed by atoms with Crippen LogP contribution in [0.1, 0.15) is 75.7 Å². The Morgan fingerprint density at radius 2 is 1.60 bits per heavy atom. The smallest absolute Gasteiger partial charge is 0.333 e. The molecule has 1 fully saturated rings. The Morgan fingerprint density at radius 1 is 1.03 bits per heavy atom. The Balaban J connectivity index is 1.86. The molecule has 3 N–H and O–H groups in total. The topological polar surface area (TPSA) is 119 Å². The van der Waals surface area contributed by atoms with E-state index in [1.54, 1.807) is 12.1 Å². The summed E-state index contributed by atoms with van der Waals surface area (Å²) in [6.07, 6.45) is 1.44. The van der Waals surface area contributed by atoms with E-state index in [9.17, 15) is 19.2 Å². The number of rotatable bonds is 9. The van der Waals surface area contributed by atoms with E-state index in [-0.39, 0.29) is 25.2 Å². The van der Waals surface area contributed by atoms with Crippen LogP contribution in [0.2, 0.25) is 0 Å². The molecule has 1 aliphatic heterocycles. The van der Waals surface area contributed by atoms with Crippen molar-refractivity contribution in [3.63, 3.8) is 0 Å². The predicted molar refractivity (Wildman–Crippen MR) is 111 cm³/mol. The third kappa shape index (κ3) is 6.66. The molecule has 1 aromatic rings. The number of nitrogens with zero attached hydrogens (tertiary/aromatic N) is 1. The molecule has 2 rings (SSSR count). The summed E-state index contributed by atoms with van der Waals surface area (Å²) in [5.41, 5.74) is 6.16. The van der Waals surface area contributed by atoms with Gasteiger partial charge in [-0.15, -0.1) is 5.06 Å². The fourth-order valence-electron chi connectivity index (χ4n) is 3.16. The molecule has 0 spiro atoms. The fraction of sp³-hybridized carbons (Fsp3) is 0.545. The molecule has 1 aliphatic rings. The molecule has 3 amide bonds. The molecule has 164 valence electrons. The van der Waals surface area contributed by atoms with E-state index in [4.69, 9.17) is 10.6 Å². The number of hydroxylamine groups is 2. The SMILES string of the molecule is CC(C)(CCC(C)(C)NC(=O)c1ccc(CN)cc1)CC(=O)ON1C(=O)CCC1=O. The summed E-state index contributed by atoms with van der Waals surface area (Å²) in [5.74, 6) is -1.78. The van der Waals surface area contributed by atoms with Crippen molar-refractivity contribution in [1.29, 1.82) is 0 Å². The van der Waals surface area contributed by atoms with Gasteiger partial charge in [-0.05, 0) is 49.8 Å². The molecule has 0 radical (unpaired) electrons. The van der Waals surface area contributed by atoms with Crippen LogP contribution >= 0.6 is 0 Å². The minimum absolute atomic E-state index is 0.0502. The summed E-state index contributed by atoms with van der Waals surface area (Å²) in [6.45, 7) is 8.09. The monoisotopic (exact) mass is 417 g/mol. The normalized spacial score (nSPS) is 14.8. The lowest BCUT2D eigenvalue weighted by molar-refractivity contribution is -0.199. The maximum atomic E-state index is 12.5. The number of amides is 3. The number of hydrogen-bond acceptors (Lipinski definition) is 6. The molecule has 1 aromatic carbocycles. The van der Waals surface area contributed by atoms with Gasteiger partial charge in [-0.3, -0.25) is 14.4 Å². The van der Waals surface area contributed by atoms with Gasteiger partial charge in [0, 0.05) is 30.5 Å². The molecule has 0 atom stereocenters. The number of carbonyl (C=O) groups excluding carboxylic acids is 4. The van der Waals surface area contributed by atoms with E-state index < -0.39 is 28.7 Å². The number of imide groups is 1. The molecule has 0 bridgehead atoms. The highest BCUT2D eigenvalue weighted by Gasteiger charge is 2.35. The second-order valence-electron chi connectivity index (χ2n) is 9.13. The zero-order chi connectivity index (χ0) is 22.5. The maximum absolute atomic E-state index is 12.5. The standard InChI is InChI=1S/C22H31N3O5/c1-21(2,13-19(28)30-25-17(26)9-10-18(25)27)11-12-22(3,4)24-20(29)16-7-5-15(14-23)6-8-16/h5-8H,9-14,23H2,1-4H3,(H,24,29). The van der Waals surface area contributed by atoms with Crippen LogP contribution in [0.4, 0.5) is 0 Å². The molecule has 0 aliphatic carbocycles. The molecule has 0 aromatic heterocycles. The van der Waals surface area contributed by atoms with Crippen LogP contribution in [0.3, 0.4) is 0 Å². The number of benzene rings is 1. The average Bonchev–Trinajstić information content (AvgIpc) is 2.98. The Kier molecular flexibility index (Phi) is 7.36. The lowest BCUT2D eigenvalue weighted by Crippen LogP contribution is -2.44. The van der Waals surface area contributed by atoms with Gasteiger partial charge in [0.1, 0.15) is 0 Å². The van der Waals surface area contributed by atoms with Crippen molar-refractivity contribution >= 4 is 23.7 Å². The van der Waals surface area contributed by atoms with Crippen LogP contribution in [0, 0.1) is 5.41 Å².